The summed E-state index contributed by atoms with van der Waals surface area (Å²) in [6.07, 6.45) is 0. The van der Waals surface area contributed by atoms with E-state index in [0.717, 1.165) is 0 Å². The molecule has 0 aliphatic carbocycles. The molecule has 0 unspecified atom stereocenters. The summed E-state index contributed by atoms with van der Waals surface area (Å²) in [5.74, 6) is 2.62. The molecule has 0 saturated carbocycles. The second-order valence-electron chi connectivity index (χ2n) is 7.88. The molecule has 0 spiro atoms. The van der Waals surface area contributed by atoms with Gasteiger partial charge in [0.1, 0.15) is 0 Å². The molecular formula is C13H30Ge. The summed E-state index contributed by atoms with van der Waals surface area (Å²) < 4.78 is 1.53. The first-order valence-corrected chi connectivity index (χ1v) is 11.0. The van der Waals surface area contributed by atoms with Crippen LogP contribution in [0, 0.1) is 0 Å². The third kappa shape index (κ3) is 2.20. The first-order valence-electron chi connectivity index (χ1n) is 5.75. The third-order valence-corrected chi connectivity index (χ3v) is 23.4. The van der Waals surface area contributed by atoms with Crippen LogP contribution < -0.4 is 0 Å². The predicted octanol–water partition coefficient (Wildman–Crippen LogP) is 5.47. The summed E-state index contributed by atoms with van der Waals surface area (Å²) in [6, 6.07) is 0. The van der Waals surface area contributed by atoms with Gasteiger partial charge in [0.2, 0.25) is 0 Å². The van der Waals surface area contributed by atoms with Gasteiger partial charge in [-0.3, -0.25) is 0 Å². The van der Waals surface area contributed by atoms with E-state index in [0.29, 0.717) is 12.7 Å². The van der Waals surface area contributed by atoms with Crippen LogP contribution in [0.2, 0.25) is 18.5 Å². The molecule has 0 radical (unpaired) electrons. The van der Waals surface area contributed by atoms with Crippen LogP contribution >= 0.6 is 0 Å². The summed E-state index contributed by atoms with van der Waals surface area (Å²) in [6.45, 7) is 22.0. The van der Waals surface area contributed by atoms with Crippen molar-refractivity contribution in [3.05, 3.63) is 0 Å². The molecule has 0 heterocycles. The Balaban J connectivity index is 5.54. The number of rotatable bonds is 0. The van der Waals surface area contributed by atoms with Gasteiger partial charge in [-0.1, -0.05) is 0 Å². The maximum absolute atomic E-state index is 2.62. The van der Waals surface area contributed by atoms with E-state index in [1.165, 1.54) is 0 Å². The van der Waals surface area contributed by atoms with Gasteiger partial charge in [0.05, 0.1) is 0 Å². The van der Waals surface area contributed by atoms with Crippen LogP contribution in [0.1, 0.15) is 62.3 Å². The zero-order valence-corrected chi connectivity index (χ0v) is 14.1. The minimum atomic E-state index is -1.94. The molecule has 0 aliphatic rings. The topological polar surface area (TPSA) is 0 Å². The van der Waals surface area contributed by atoms with Gasteiger partial charge in [0.25, 0.3) is 0 Å². The van der Waals surface area contributed by atoms with Gasteiger partial charge in [0, 0.05) is 0 Å². The van der Waals surface area contributed by atoms with Crippen molar-refractivity contribution in [3.63, 3.8) is 0 Å². The molecule has 14 heavy (non-hydrogen) atoms. The third-order valence-electron chi connectivity index (χ3n) is 4.50. The summed E-state index contributed by atoms with van der Waals surface area (Å²) in [7, 11) is 0. The van der Waals surface area contributed by atoms with Gasteiger partial charge >= 0.3 is 94.1 Å². The van der Waals surface area contributed by atoms with Crippen molar-refractivity contribution >= 4 is 13.3 Å². The van der Waals surface area contributed by atoms with Gasteiger partial charge in [-0.05, 0) is 0 Å². The summed E-state index contributed by atoms with van der Waals surface area (Å²) in [4.78, 5) is 0. The fourth-order valence-corrected chi connectivity index (χ4v) is 17.5. The van der Waals surface area contributed by atoms with E-state index in [1.54, 1.807) is 0 Å². The Labute approximate surface area is 94.2 Å². The summed E-state index contributed by atoms with van der Waals surface area (Å²) >= 11 is -1.94. The molecular weight excluding hydrogens is 229 g/mol. The molecule has 86 valence electrons. The van der Waals surface area contributed by atoms with Crippen molar-refractivity contribution in [2.24, 2.45) is 0 Å². The molecule has 0 fully saturated rings. The average Bonchev–Trinajstić information content (AvgIpc) is 1.77. The van der Waals surface area contributed by atoms with Crippen LogP contribution in [-0.4, -0.2) is 13.3 Å². The molecule has 0 bridgehead atoms. The Hall–Kier alpha value is 0.543. The van der Waals surface area contributed by atoms with E-state index >= 15 is 0 Å². The maximum atomic E-state index is 2.62. The zero-order chi connectivity index (χ0) is 12.0. The standard InChI is InChI=1S/C13H30Ge/c1-11(2,3)14(10,12(4,5)6)13(7,8)9/h1-10H3. The van der Waals surface area contributed by atoms with Crippen molar-refractivity contribution in [2.45, 2.75) is 80.8 Å². The Bertz CT molecular complexity index is 159. The van der Waals surface area contributed by atoms with Crippen LogP contribution in [0.15, 0.2) is 0 Å². The zero-order valence-electron chi connectivity index (χ0n) is 12.0. The minimum absolute atomic E-state index is 0.510. The Kier molecular flexibility index (Phi) is 3.67. The molecule has 0 N–H and O–H groups in total. The molecule has 0 nitrogen and oxygen atoms in total. The summed E-state index contributed by atoms with van der Waals surface area (Å²) in [5, 5.41) is 0. The molecule has 0 rings (SSSR count). The van der Waals surface area contributed by atoms with E-state index in [-0.39, 0.29) is 0 Å². The molecule has 0 aromatic rings. The van der Waals surface area contributed by atoms with Crippen LogP contribution in [0.3, 0.4) is 0 Å². The Morgan fingerprint density at radius 1 is 0.500 bits per heavy atom. The monoisotopic (exact) mass is 260 g/mol. The fraction of sp³-hybridized carbons (Fsp3) is 1.00. The molecule has 0 aromatic heterocycles. The van der Waals surface area contributed by atoms with Crippen LogP contribution in [-0.2, 0) is 0 Å². The van der Waals surface area contributed by atoms with E-state index < -0.39 is 13.3 Å². The van der Waals surface area contributed by atoms with Crippen LogP contribution in [0.4, 0.5) is 0 Å². The molecule has 0 saturated heterocycles. The van der Waals surface area contributed by atoms with Crippen molar-refractivity contribution in [2.75, 3.05) is 0 Å². The molecule has 1 heteroatoms. The molecule has 0 aromatic carbocycles. The Morgan fingerprint density at radius 2 is 0.643 bits per heavy atom. The van der Waals surface area contributed by atoms with E-state index in [2.05, 4.69) is 68.1 Å². The van der Waals surface area contributed by atoms with Gasteiger partial charge in [0.15, 0.2) is 0 Å². The Morgan fingerprint density at radius 3 is 0.643 bits per heavy atom. The number of hydrogen-bond acceptors (Lipinski definition) is 0. The molecule has 0 aliphatic heterocycles. The van der Waals surface area contributed by atoms with Gasteiger partial charge < -0.3 is 0 Å². The number of hydrogen-bond donors (Lipinski definition) is 0. The quantitative estimate of drug-likeness (QED) is 0.506. The van der Waals surface area contributed by atoms with Gasteiger partial charge in [-0.2, -0.15) is 0 Å². The fourth-order valence-electron chi connectivity index (χ4n) is 3.38. The first-order chi connectivity index (χ1) is 5.75. The van der Waals surface area contributed by atoms with Crippen molar-refractivity contribution in [3.8, 4) is 0 Å². The van der Waals surface area contributed by atoms with E-state index in [4.69, 9.17) is 0 Å². The van der Waals surface area contributed by atoms with E-state index in [1.807, 2.05) is 0 Å². The second kappa shape index (κ2) is 3.54. The summed E-state index contributed by atoms with van der Waals surface area (Å²) in [5.41, 5.74) is 0. The average molecular weight is 259 g/mol. The van der Waals surface area contributed by atoms with Crippen molar-refractivity contribution in [1.29, 1.82) is 0 Å². The van der Waals surface area contributed by atoms with Crippen molar-refractivity contribution in [1.82, 2.24) is 0 Å². The first kappa shape index (κ1) is 14.5. The molecule has 0 atom stereocenters. The van der Waals surface area contributed by atoms with Gasteiger partial charge in [-0.15, -0.1) is 0 Å². The van der Waals surface area contributed by atoms with Crippen LogP contribution in [0.5, 0.6) is 0 Å². The predicted molar refractivity (Wildman–Crippen MR) is 70.8 cm³/mol. The van der Waals surface area contributed by atoms with Crippen molar-refractivity contribution < 1.29 is 0 Å². The van der Waals surface area contributed by atoms with Crippen LogP contribution in [0.25, 0.3) is 0 Å². The van der Waals surface area contributed by atoms with Gasteiger partial charge in [-0.25, -0.2) is 0 Å². The molecule has 0 amide bonds. The normalized spacial score (nSPS) is 15.9. The second-order valence-corrected chi connectivity index (χ2v) is 22.0. The SMILES string of the molecule is C[C](C)(C)[Ge]([CH3])([C](C)(C)C)[C](C)(C)C. The van der Waals surface area contributed by atoms with E-state index in [9.17, 15) is 0 Å².